The van der Waals surface area contributed by atoms with Gasteiger partial charge in [-0.25, -0.2) is 9.59 Å². The summed E-state index contributed by atoms with van der Waals surface area (Å²) in [5, 5.41) is 11.7. The lowest BCUT2D eigenvalue weighted by molar-refractivity contribution is -0.150. The van der Waals surface area contributed by atoms with Crippen molar-refractivity contribution in [3.63, 3.8) is 0 Å². The van der Waals surface area contributed by atoms with Crippen molar-refractivity contribution in [3.05, 3.63) is 0 Å². The van der Waals surface area contributed by atoms with Crippen LogP contribution in [0.3, 0.4) is 0 Å². The zero-order valence-corrected chi connectivity index (χ0v) is 10.8. The van der Waals surface area contributed by atoms with Gasteiger partial charge in [-0.05, 0) is 32.1 Å². The molecule has 7 nitrogen and oxygen atoms in total. The molecule has 3 atom stereocenters. The van der Waals surface area contributed by atoms with Crippen LogP contribution in [0.1, 0.15) is 32.1 Å². The monoisotopic (exact) mass is 270 g/mol. The van der Waals surface area contributed by atoms with Gasteiger partial charge in [-0.2, -0.15) is 0 Å². The molecule has 2 aliphatic rings. The molecule has 0 bridgehead atoms. The van der Waals surface area contributed by atoms with E-state index in [9.17, 15) is 19.5 Å². The molecule has 0 aromatic heterocycles. The number of fused-ring (bicyclic) bond motifs is 1. The number of rotatable bonds is 2. The standard InChI is InChI=1S/C12H18N2O5/c1-19-12(18)13-8-4-2-3-7-5-6-9(11(16)17)14(7)10(8)15/h7-9H,2-6H2,1H3,(H,13,18)(H,16,17)/t7-,8-,9-/m0/s1. The first kappa shape index (κ1) is 13.6. The maximum atomic E-state index is 12.4. The molecule has 106 valence electrons. The molecule has 2 N–H and O–H groups in total. The number of hydrogen-bond acceptors (Lipinski definition) is 4. The van der Waals surface area contributed by atoms with Crippen molar-refractivity contribution in [1.29, 1.82) is 0 Å². The summed E-state index contributed by atoms with van der Waals surface area (Å²) in [4.78, 5) is 36.2. The van der Waals surface area contributed by atoms with Crippen LogP contribution in [0.5, 0.6) is 0 Å². The summed E-state index contributed by atoms with van der Waals surface area (Å²) in [7, 11) is 1.23. The van der Waals surface area contributed by atoms with Crippen molar-refractivity contribution in [3.8, 4) is 0 Å². The van der Waals surface area contributed by atoms with Crippen molar-refractivity contribution < 1.29 is 24.2 Å². The van der Waals surface area contributed by atoms with Crippen LogP contribution < -0.4 is 5.32 Å². The summed E-state index contributed by atoms with van der Waals surface area (Å²) in [5.41, 5.74) is 0. The minimum atomic E-state index is -0.977. The first-order chi connectivity index (χ1) is 9.04. The number of carbonyl (C=O) groups excluding carboxylic acids is 2. The summed E-state index contributed by atoms with van der Waals surface area (Å²) in [6.07, 6.45) is 2.63. The molecule has 2 saturated heterocycles. The number of aliphatic carboxylic acids is 1. The van der Waals surface area contributed by atoms with Crippen LogP contribution in [0.25, 0.3) is 0 Å². The molecular formula is C12H18N2O5. The van der Waals surface area contributed by atoms with Gasteiger partial charge < -0.3 is 20.1 Å². The maximum absolute atomic E-state index is 12.4. The van der Waals surface area contributed by atoms with E-state index in [1.54, 1.807) is 0 Å². The molecule has 0 unspecified atom stereocenters. The van der Waals surface area contributed by atoms with Crippen molar-refractivity contribution in [2.24, 2.45) is 0 Å². The molecule has 2 aliphatic heterocycles. The third-order valence-corrected chi connectivity index (χ3v) is 3.85. The van der Waals surface area contributed by atoms with E-state index in [1.165, 1.54) is 12.0 Å². The van der Waals surface area contributed by atoms with Gasteiger partial charge in [0, 0.05) is 6.04 Å². The van der Waals surface area contributed by atoms with E-state index in [1.807, 2.05) is 0 Å². The number of methoxy groups -OCH3 is 1. The van der Waals surface area contributed by atoms with Gasteiger partial charge in [0.15, 0.2) is 0 Å². The second-order valence-corrected chi connectivity index (χ2v) is 4.95. The van der Waals surface area contributed by atoms with E-state index in [0.717, 1.165) is 12.8 Å². The van der Waals surface area contributed by atoms with E-state index in [-0.39, 0.29) is 11.9 Å². The molecular weight excluding hydrogens is 252 g/mol. The van der Waals surface area contributed by atoms with E-state index < -0.39 is 24.1 Å². The predicted molar refractivity (Wildman–Crippen MR) is 64.5 cm³/mol. The fraction of sp³-hybridized carbons (Fsp3) is 0.750. The van der Waals surface area contributed by atoms with Crippen LogP contribution in [0.15, 0.2) is 0 Å². The van der Waals surface area contributed by atoms with Crippen LogP contribution >= 0.6 is 0 Å². The van der Waals surface area contributed by atoms with Crippen molar-refractivity contribution in [2.75, 3.05) is 7.11 Å². The normalized spacial score (nSPS) is 30.5. The van der Waals surface area contributed by atoms with Gasteiger partial charge in [0.1, 0.15) is 12.1 Å². The van der Waals surface area contributed by atoms with E-state index in [2.05, 4.69) is 10.1 Å². The average Bonchev–Trinajstić information content (AvgIpc) is 2.74. The second-order valence-electron chi connectivity index (χ2n) is 4.95. The number of hydrogen-bond donors (Lipinski definition) is 2. The van der Waals surface area contributed by atoms with Gasteiger partial charge in [0.2, 0.25) is 5.91 Å². The number of carboxylic acid groups (broad SMARTS) is 1. The van der Waals surface area contributed by atoms with Crippen LogP contribution in [0.2, 0.25) is 0 Å². The molecule has 0 radical (unpaired) electrons. The summed E-state index contributed by atoms with van der Waals surface area (Å²) >= 11 is 0. The first-order valence-electron chi connectivity index (χ1n) is 6.44. The molecule has 0 aliphatic carbocycles. The number of carbonyl (C=O) groups is 3. The molecule has 2 fully saturated rings. The minimum absolute atomic E-state index is 0.0157. The van der Waals surface area contributed by atoms with Gasteiger partial charge in [0.25, 0.3) is 0 Å². The van der Waals surface area contributed by atoms with Crippen LogP contribution in [0, 0.1) is 0 Å². The molecule has 0 spiro atoms. The molecule has 7 heteroatoms. The molecule has 0 aromatic rings. The Morgan fingerprint density at radius 2 is 2.05 bits per heavy atom. The van der Waals surface area contributed by atoms with E-state index in [4.69, 9.17) is 0 Å². The first-order valence-corrected chi connectivity index (χ1v) is 6.44. The Balaban J connectivity index is 2.15. The predicted octanol–water partition coefficient (Wildman–Crippen LogP) is 0.339. The lowest BCUT2D eigenvalue weighted by Gasteiger charge is -2.28. The largest absolute Gasteiger partial charge is 0.480 e. The molecule has 2 heterocycles. The Morgan fingerprint density at radius 1 is 1.32 bits per heavy atom. The van der Waals surface area contributed by atoms with Crippen molar-refractivity contribution in [2.45, 2.75) is 50.2 Å². The average molecular weight is 270 g/mol. The smallest absolute Gasteiger partial charge is 0.407 e. The quantitative estimate of drug-likeness (QED) is 0.754. The molecule has 2 rings (SSSR count). The molecule has 0 aromatic carbocycles. The summed E-state index contributed by atoms with van der Waals surface area (Å²) < 4.78 is 4.49. The van der Waals surface area contributed by atoms with Crippen LogP contribution in [-0.4, -0.2) is 53.2 Å². The van der Waals surface area contributed by atoms with E-state index in [0.29, 0.717) is 19.3 Å². The fourth-order valence-electron chi connectivity index (χ4n) is 2.94. The number of amides is 2. The summed E-state index contributed by atoms with van der Waals surface area (Å²) in [6.45, 7) is 0. The van der Waals surface area contributed by atoms with E-state index >= 15 is 0 Å². The highest BCUT2D eigenvalue weighted by Crippen LogP contribution is 2.31. The van der Waals surface area contributed by atoms with Gasteiger partial charge in [-0.1, -0.05) is 0 Å². The highest BCUT2D eigenvalue weighted by Gasteiger charge is 2.44. The van der Waals surface area contributed by atoms with Gasteiger partial charge >= 0.3 is 12.1 Å². The third kappa shape index (κ3) is 2.64. The van der Waals surface area contributed by atoms with Crippen molar-refractivity contribution >= 4 is 18.0 Å². The highest BCUT2D eigenvalue weighted by molar-refractivity contribution is 5.90. The second kappa shape index (κ2) is 5.46. The third-order valence-electron chi connectivity index (χ3n) is 3.85. The SMILES string of the molecule is COC(=O)N[C@H]1CCC[C@H]2CC[C@@H](C(=O)O)N2C1=O. The number of nitrogens with zero attached hydrogens (tertiary/aromatic N) is 1. The highest BCUT2D eigenvalue weighted by atomic mass is 16.5. The summed E-state index contributed by atoms with van der Waals surface area (Å²) in [5.74, 6) is -1.28. The topological polar surface area (TPSA) is 95.9 Å². The van der Waals surface area contributed by atoms with Gasteiger partial charge in [-0.3, -0.25) is 4.79 Å². The Labute approximate surface area is 110 Å². The summed E-state index contributed by atoms with van der Waals surface area (Å²) in [6, 6.07) is -1.46. The Bertz CT molecular complexity index is 398. The Kier molecular flexibility index (Phi) is 3.92. The molecule has 0 saturated carbocycles. The molecule has 2 amide bonds. The minimum Gasteiger partial charge on any atom is -0.480 e. The Hall–Kier alpha value is -1.79. The lowest BCUT2D eigenvalue weighted by Crippen LogP contribution is -2.52. The number of alkyl carbamates (subject to hydrolysis) is 1. The van der Waals surface area contributed by atoms with Crippen LogP contribution in [-0.2, 0) is 14.3 Å². The number of ether oxygens (including phenoxy) is 1. The lowest BCUT2D eigenvalue weighted by atomic mass is 10.1. The van der Waals surface area contributed by atoms with Crippen molar-refractivity contribution in [1.82, 2.24) is 10.2 Å². The zero-order valence-electron chi connectivity index (χ0n) is 10.8. The number of carboxylic acids is 1. The fourth-order valence-corrected chi connectivity index (χ4v) is 2.94. The zero-order chi connectivity index (χ0) is 14.0. The van der Waals surface area contributed by atoms with Gasteiger partial charge in [0.05, 0.1) is 7.11 Å². The van der Waals surface area contributed by atoms with Crippen LogP contribution in [0.4, 0.5) is 4.79 Å². The van der Waals surface area contributed by atoms with Gasteiger partial charge in [-0.15, -0.1) is 0 Å². The number of nitrogens with one attached hydrogen (secondary N) is 1. The maximum Gasteiger partial charge on any atom is 0.407 e. The Morgan fingerprint density at radius 3 is 2.68 bits per heavy atom. The molecule has 19 heavy (non-hydrogen) atoms.